The highest BCUT2D eigenvalue weighted by Gasteiger charge is 2.19. The molecule has 0 heterocycles. The maximum atomic E-state index is 13.1. The second-order valence-electron chi connectivity index (χ2n) is 6.75. The Bertz CT molecular complexity index is 1070. The maximum absolute atomic E-state index is 13.1. The highest BCUT2D eigenvalue weighted by molar-refractivity contribution is 9.10. The molecule has 1 N–H and O–H groups in total. The second-order valence-corrected chi connectivity index (χ2v) is 7.67. The van der Waals surface area contributed by atoms with Crippen molar-refractivity contribution in [3.05, 3.63) is 92.4 Å². The van der Waals surface area contributed by atoms with Crippen molar-refractivity contribution < 1.29 is 19.2 Å². The Morgan fingerprint density at radius 2 is 1.65 bits per heavy atom. The lowest BCUT2D eigenvalue weighted by molar-refractivity contribution is -0.384. The summed E-state index contributed by atoms with van der Waals surface area (Å²) in [6.07, 6.45) is 0.175. The third kappa shape index (κ3) is 5.61. The van der Waals surface area contributed by atoms with Gasteiger partial charge in [0.15, 0.2) is 17.3 Å². The topological polar surface area (TPSA) is 90.7 Å². The van der Waals surface area contributed by atoms with Crippen molar-refractivity contribution in [1.29, 1.82) is 0 Å². The molecule has 1 unspecified atom stereocenters. The fraction of sp³-hybridized carbons (Fsp3) is 0.174. The summed E-state index contributed by atoms with van der Waals surface area (Å²) >= 11 is 3.42. The summed E-state index contributed by atoms with van der Waals surface area (Å²) in [6, 6.07) is 18.5. The van der Waals surface area contributed by atoms with Crippen LogP contribution in [0.4, 0.5) is 11.4 Å². The summed E-state index contributed by atoms with van der Waals surface area (Å²) in [5.74, 6) is 0.952. The fourth-order valence-electron chi connectivity index (χ4n) is 3.14. The van der Waals surface area contributed by atoms with E-state index in [0.29, 0.717) is 22.7 Å². The third-order valence-electron chi connectivity index (χ3n) is 4.79. The molecule has 0 amide bonds. The number of ether oxygens (including phenoxy) is 2. The molecule has 0 aliphatic rings. The Balaban J connectivity index is 1.86. The quantitative estimate of drug-likeness (QED) is 0.234. The minimum Gasteiger partial charge on any atom is -0.493 e. The van der Waals surface area contributed by atoms with Crippen molar-refractivity contribution >= 4 is 33.1 Å². The van der Waals surface area contributed by atoms with Crippen LogP contribution in [0.5, 0.6) is 11.5 Å². The van der Waals surface area contributed by atoms with Crippen molar-refractivity contribution in [3.63, 3.8) is 0 Å². The molecule has 3 rings (SSSR count). The van der Waals surface area contributed by atoms with Crippen molar-refractivity contribution in [1.82, 2.24) is 0 Å². The molecule has 3 aromatic rings. The molecule has 31 heavy (non-hydrogen) atoms. The maximum Gasteiger partial charge on any atom is 0.269 e. The molecule has 0 aromatic heterocycles. The smallest absolute Gasteiger partial charge is 0.269 e. The number of non-ortho nitro benzene ring substituents is 1. The first-order valence-corrected chi connectivity index (χ1v) is 10.2. The largest absolute Gasteiger partial charge is 0.493 e. The summed E-state index contributed by atoms with van der Waals surface area (Å²) in [5, 5.41) is 14.2. The Labute approximate surface area is 188 Å². The van der Waals surface area contributed by atoms with Crippen LogP contribution in [0.3, 0.4) is 0 Å². The number of carbonyl (C=O) groups excluding carboxylic acids is 1. The zero-order valence-electron chi connectivity index (χ0n) is 17.0. The second kappa shape index (κ2) is 10.1. The molecule has 160 valence electrons. The van der Waals surface area contributed by atoms with Crippen molar-refractivity contribution in [2.75, 3.05) is 19.5 Å². The molecule has 8 heteroatoms. The van der Waals surface area contributed by atoms with Crippen LogP contribution in [-0.4, -0.2) is 24.9 Å². The molecule has 0 radical (unpaired) electrons. The highest BCUT2D eigenvalue weighted by Crippen LogP contribution is 2.31. The van der Waals surface area contributed by atoms with Gasteiger partial charge in [0.25, 0.3) is 5.69 Å². The van der Waals surface area contributed by atoms with E-state index in [2.05, 4.69) is 21.2 Å². The lowest BCUT2D eigenvalue weighted by atomic mass is 9.97. The number of ketones is 1. The van der Waals surface area contributed by atoms with Gasteiger partial charge in [-0.3, -0.25) is 14.9 Å². The number of rotatable bonds is 9. The number of hydrogen-bond acceptors (Lipinski definition) is 6. The Hall–Kier alpha value is -3.39. The van der Waals surface area contributed by atoms with E-state index in [1.807, 2.05) is 24.3 Å². The van der Waals surface area contributed by atoms with Crippen molar-refractivity contribution in [2.24, 2.45) is 0 Å². The Kier molecular flexibility index (Phi) is 7.25. The average Bonchev–Trinajstić information content (AvgIpc) is 2.79. The number of methoxy groups -OCH3 is 2. The molecule has 0 aliphatic heterocycles. The van der Waals surface area contributed by atoms with Gasteiger partial charge in [-0.25, -0.2) is 0 Å². The summed E-state index contributed by atoms with van der Waals surface area (Å²) in [4.78, 5) is 23.5. The van der Waals surface area contributed by atoms with Crippen LogP contribution < -0.4 is 14.8 Å². The normalized spacial score (nSPS) is 11.5. The number of anilines is 1. The van der Waals surface area contributed by atoms with E-state index < -0.39 is 4.92 Å². The third-order valence-corrected chi connectivity index (χ3v) is 5.32. The minimum absolute atomic E-state index is 0.00662. The first-order valence-electron chi connectivity index (χ1n) is 9.43. The molecule has 7 nitrogen and oxygen atoms in total. The number of nitrogens with one attached hydrogen (secondary N) is 1. The zero-order chi connectivity index (χ0) is 22.4. The van der Waals surface area contributed by atoms with E-state index in [4.69, 9.17) is 9.47 Å². The van der Waals surface area contributed by atoms with Crippen LogP contribution in [0.2, 0.25) is 0 Å². The molecule has 0 saturated carbocycles. The minimum atomic E-state index is -0.448. The molecule has 0 spiro atoms. The molecule has 0 saturated heterocycles. The van der Waals surface area contributed by atoms with Gasteiger partial charge in [-0.2, -0.15) is 0 Å². The van der Waals surface area contributed by atoms with Crippen molar-refractivity contribution in [2.45, 2.75) is 12.5 Å². The van der Waals surface area contributed by atoms with Crippen LogP contribution in [0, 0.1) is 10.1 Å². The Morgan fingerprint density at radius 1 is 1.00 bits per heavy atom. The summed E-state index contributed by atoms with van der Waals surface area (Å²) < 4.78 is 11.5. The molecular weight excluding hydrogens is 464 g/mol. The number of halogens is 1. The summed E-state index contributed by atoms with van der Waals surface area (Å²) in [5.41, 5.74) is 2.10. The van der Waals surface area contributed by atoms with Gasteiger partial charge in [0, 0.05) is 34.3 Å². The summed E-state index contributed by atoms with van der Waals surface area (Å²) in [6.45, 7) is 0. The average molecular weight is 485 g/mol. The van der Waals surface area contributed by atoms with Gasteiger partial charge in [-0.1, -0.05) is 28.1 Å². The van der Waals surface area contributed by atoms with E-state index in [-0.39, 0.29) is 23.9 Å². The SMILES string of the molecule is COc1ccc(C(=O)CC(Nc2ccc([N+](=O)[O-])cc2)c2ccc(Br)cc2)cc1OC. The van der Waals surface area contributed by atoms with Crippen LogP contribution in [0.15, 0.2) is 71.2 Å². The van der Waals surface area contributed by atoms with E-state index in [1.54, 1.807) is 30.3 Å². The lowest BCUT2D eigenvalue weighted by Gasteiger charge is -2.20. The van der Waals surface area contributed by atoms with Gasteiger partial charge in [-0.15, -0.1) is 0 Å². The molecule has 0 aliphatic carbocycles. The van der Waals surface area contributed by atoms with Gasteiger partial charge in [0.05, 0.1) is 25.2 Å². The van der Waals surface area contributed by atoms with Gasteiger partial charge in [0.1, 0.15) is 0 Å². The van der Waals surface area contributed by atoms with E-state index in [0.717, 1.165) is 10.0 Å². The van der Waals surface area contributed by atoms with Crippen LogP contribution >= 0.6 is 15.9 Å². The standard InChI is InChI=1S/C23H21BrN2O5/c1-30-22-12-5-16(13-23(22)31-2)21(27)14-20(15-3-6-17(24)7-4-15)25-18-8-10-19(11-9-18)26(28)29/h3-13,20,25H,14H2,1-2H3. The molecule has 1 atom stereocenters. The summed E-state index contributed by atoms with van der Waals surface area (Å²) in [7, 11) is 3.06. The molecule has 0 fully saturated rings. The van der Waals surface area contributed by atoms with E-state index >= 15 is 0 Å². The van der Waals surface area contributed by atoms with Crippen LogP contribution in [-0.2, 0) is 0 Å². The van der Waals surface area contributed by atoms with Crippen molar-refractivity contribution in [3.8, 4) is 11.5 Å². The Morgan fingerprint density at radius 3 is 2.23 bits per heavy atom. The first kappa shape index (κ1) is 22.3. The predicted molar refractivity (Wildman–Crippen MR) is 122 cm³/mol. The lowest BCUT2D eigenvalue weighted by Crippen LogP contribution is -2.16. The number of carbonyl (C=O) groups is 1. The highest BCUT2D eigenvalue weighted by atomic mass is 79.9. The van der Waals surface area contributed by atoms with Gasteiger partial charge in [-0.05, 0) is 48.0 Å². The number of Topliss-reactive ketones (excluding diaryl/α,β-unsaturated/α-hetero) is 1. The van der Waals surface area contributed by atoms with Crippen LogP contribution in [0.25, 0.3) is 0 Å². The van der Waals surface area contributed by atoms with Gasteiger partial charge >= 0.3 is 0 Å². The van der Waals surface area contributed by atoms with E-state index in [1.165, 1.54) is 26.4 Å². The number of benzene rings is 3. The number of hydrogen-bond donors (Lipinski definition) is 1. The molecular formula is C23H21BrN2O5. The monoisotopic (exact) mass is 484 g/mol. The first-order chi connectivity index (χ1) is 14.9. The number of nitro benzene ring substituents is 1. The van der Waals surface area contributed by atoms with Gasteiger partial charge in [0.2, 0.25) is 0 Å². The zero-order valence-corrected chi connectivity index (χ0v) is 18.6. The van der Waals surface area contributed by atoms with Gasteiger partial charge < -0.3 is 14.8 Å². The van der Waals surface area contributed by atoms with E-state index in [9.17, 15) is 14.9 Å². The number of nitro groups is 1. The molecule has 3 aromatic carbocycles. The number of nitrogens with zero attached hydrogens (tertiary/aromatic N) is 1. The fourth-order valence-corrected chi connectivity index (χ4v) is 3.41. The predicted octanol–water partition coefficient (Wildman–Crippen LogP) is 5.80. The molecule has 0 bridgehead atoms. The van der Waals surface area contributed by atoms with Crippen LogP contribution in [0.1, 0.15) is 28.4 Å².